The van der Waals surface area contributed by atoms with Gasteiger partial charge in [0.1, 0.15) is 11.0 Å². The highest BCUT2D eigenvalue weighted by molar-refractivity contribution is 7.16. The number of aryl methyl sites for hydroxylation is 1. The summed E-state index contributed by atoms with van der Waals surface area (Å²) in [5.74, 6) is -0.763. The number of thiophene rings is 1. The van der Waals surface area contributed by atoms with Crippen LogP contribution in [-0.2, 0) is 4.79 Å². The molecule has 0 aliphatic carbocycles. The second-order valence-electron chi connectivity index (χ2n) is 5.48. The predicted octanol–water partition coefficient (Wildman–Crippen LogP) is 3.84. The molecule has 2 aromatic rings. The number of hydrogen-bond acceptors (Lipinski definition) is 4. The number of amides is 2. The lowest BCUT2D eigenvalue weighted by Crippen LogP contribution is -2.40. The van der Waals surface area contributed by atoms with Crippen molar-refractivity contribution in [2.24, 2.45) is 0 Å². The summed E-state index contributed by atoms with van der Waals surface area (Å²) in [6.07, 6.45) is -1.29. The van der Waals surface area contributed by atoms with Gasteiger partial charge < -0.3 is 15.7 Å². The number of ketones is 1. The maximum absolute atomic E-state index is 12.8. The average molecular weight is 381 g/mol. The van der Waals surface area contributed by atoms with E-state index in [0.717, 1.165) is 10.4 Å². The van der Waals surface area contributed by atoms with Crippen molar-refractivity contribution in [1.29, 1.82) is 0 Å². The van der Waals surface area contributed by atoms with E-state index in [1.807, 2.05) is 13.8 Å². The molecule has 1 unspecified atom stereocenters. The lowest BCUT2D eigenvalue weighted by atomic mass is 10.0. The molecule has 1 aromatic heterocycles. The van der Waals surface area contributed by atoms with Gasteiger partial charge in [-0.3, -0.25) is 9.59 Å². The van der Waals surface area contributed by atoms with Gasteiger partial charge in [-0.15, -0.1) is 11.3 Å². The zero-order chi connectivity index (χ0) is 18.7. The highest BCUT2D eigenvalue weighted by Gasteiger charge is 2.24. The van der Waals surface area contributed by atoms with Crippen molar-refractivity contribution in [3.63, 3.8) is 0 Å². The van der Waals surface area contributed by atoms with Gasteiger partial charge in [-0.1, -0.05) is 11.6 Å². The molecule has 6 nitrogen and oxygen atoms in total. The van der Waals surface area contributed by atoms with Crippen molar-refractivity contribution in [3.05, 3.63) is 50.9 Å². The van der Waals surface area contributed by atoms with Crippen LogP contribution in [0.15, 0.2) is 24.3 Å². The number of carboxylic acid groups (broad SMARTS) is 1. The van der Waals surface area contributed by atoms with E-state index in [2.05, 4.69) is 10.6 Å². The third-order valence-electron chi connectivity index (χ3n) is 3.69. The number of rotatable bonds is 5. The van der Waals surface area contributed by atoms with E-state index < -0.39 is 18.0 Å². The molecular formula is C17H17ClN2O4S. The lowest BCUT2D eigenvalue weighted by molar-refractivity contribution is -0.117. The topological polar surface area (TPSA) is 95.5 Å². The molecule has 0 saturated heterocycles. The quantitative estimate of drug-likeness (QED) is 0.686. The molecule has 0 saturated carbocycles. The number of hydrogen-bond donors (Lipinski definition) is 3. The first-order valence-corrected chi connectivity index (χ1v) is 8.60. The number of carbonyl (C=O) groups is 3. The Morgan fingerprint density at radius 1 is 1.16 bits per heavy atom. The standard InChI is InChI=1S/C17H17ClN2O4S/c1-8-10(3)25-16(20-15(22)9(2)19-17(23)24)13(8)14(21)11-4-6-12(18)7-5-11/h4-7,9,19H,1-3H3,(H,20,22)(H,23,24). The van der Waals surface area contributed by atoms with Crippen molar-refractivity contribution >= 4 is 45.7 Å². The van der Waals surface area contributed by atoms with Crippen LogP contribution in [-0.4, -0.2) is 28.9 Å². The number of nitrogens with one attached hydrogen (secondary N) is 2. The van der Waals surface area contributed by atoms with E-state index in [9.17, 15) is 14.4 Å². The summed E-state index contributed by atoms with van der Waals surface area (Å²) < 4.78 is 0. The Hall–Kier alpha value is -2.38. The Kier molecular flexibility index (Phi) is 5.81. The van der Waals surface area contributed by atoms with Gasteiger partial charge >= 0.3 is 6.09 Å². The SMILES string of the molecule is Cc1sc(NC(=O)C(C)NC(=O)O)c(C(=O)c2ccc(Cl)cc2)c1C. The summed E-state index contributed by atoms with van der Waals surface area (Å²) in [6, 6.07) is 5.55. The highest BCUT2D eigenvalue weighted by Crippen LogP contribution is 2.34. The molecule has 132 valence electrons. The highest BCUT2D eigenvalue weighted by atomic mass is 35.5. The average Bonchev–Trinajstić information content (AvgIpc) is 2.81. The van der Waals surface area contributed by atoms with E-state index >= 15 is 0 Å². The van der Waals surface area contributed by atoms with E-state index in [1.54, 1.807) is 24.3 Å². The number of halogens is 1. The number of anilines is 1. The van der Waals surface area contributed by atoms with Gasteiger partial charge in [0.15, 0.2) is 5.78 Å². The van der Waals surface area contributed by atoms with Gasteiger partial charge in [0.25, 0.3) is 0 Å². The Labute approximate surface area is 153 Å². The molecule has 3 N–H and O–H groups in total. The van der Waals surface area contributed by atoms with Crippen LogP contribution in [0.1, 0.15) is 33.3 Å². The largest absolute Gasteiger partial charge is 0.465 e. The minimum absolute atomic E-state index is 0.229. The summed E-state index contributed by atoms with van der Waals surface area (Å²) in [5, 5.41) is 14.4. The number of carbonyl (C=O) groups excluding carboxylic acids is 2. The Balaban J connectivity index is 2.33. The third-order valence-corrected chi connectivity index (χ3v) is 5.06. The molecule has 2 rings (SSSR count). The predicted molar refractivity (Wildman–Crippen MR) is 97.9 cm³/mol. The maximum atomic E-state index is 12.8. The fourth-order valence-electron chi connectivity index (χ4n) is 2.20. The Bertz CT molecular complexity index is 830. The smallest absolute Gasteiger partial charge is 0.405 e. The molecule has 2 amide bonds. The van der Waals surface area contributed by atoms with Crippen molar-refractivity contribution in [3.8, 4) is 0 Å². The Morgan fingerprint density at radius 3 is 2.32 bits per heavy atom. The molecule has 0 bridgehead atoms. The minimum Gasteiger partial charge on any atom is -0.465 e. The zero-order valence-electron chi connectivity index (χ0n) is 13.8. The van der Waals surface area contributed by atoms with E-state index in [1.165, 1.54) is 18.3 Å². The first kappa shape index (κ1) is 19.0. The van der Waals surface area contributed by atoms with E-state index in [-0.39, 0.29) is 5.78 Å². The maximum Gasteiger partial charge on any atom is 0.405 e. The Morgan fingerprint density at radius 2 is 1.76 bits per heavy atom. The van der Waals surface area contributed by atoms with Crippen molar-refractivity contribution < 1.29 is 19.5 Å². The summed E-state index contributed by atoms with van der Waals surface area (Å²) in [7, 11) is 0. The summed E-state index contributed by atoms with van der Waals surface area (Å²) >= 11 is 7.13. The van der Waals surface area contributed by atoms with Crippen LogP contribution in [0.5, 0.6) is 0 Å². The van der Waals surface area contributed by atoms with Gasteiger partial charge in [-0.05, 0) is 50.6 Å². The molecule has 25 heavy (non-hydrogen) atoms. The molecule has 0 aliphatic heterocycles. The normalized spacial score (nSPS) is 11.7. The van der Waals surface area contributed by atoms with Crippen molar-refractivity contribution in [1.82, 2.24) is 5.32 Å². The summed E-state index contributed by atoms with van der Waals surface area (Å²) in [5.41, 5.74) is 1.64. The van der Waals surface area contributed by atoms with Gasteiger partial charge in [0.2, 0.25) is 5.91 Å². The van der Waals surface area contributed by atoms with Crippen LogP contribution in [0, 0.1) is 13.8 Å². The second kappa shape index (κ2) is 7.67. The number of benzene rings is 1. The van der Waals surface area contributed by atoms with Crippen LogP contribution >= 0.6 is 22.9 Å². The van der Waals surface area contributed by atoms with Gasteiger partial charge in [-0.2, -0.15) is 0 Å². The summed E-state index contributed by atoms with van der Waals surface area (Å²) in [4.78, 5) is 36.6. The van der Waals surface area contributed by atoms with Crippen LogP contribution in [0.3, 0.4) is 0 Å². The second-order valence-corrected chi connectivity index (χ2v) is 7.14. The van der Waals surface area contributed by atoms with Crippen LogP contribution in [0.4, 0.5) is 9.80 Å². The molecule has 1 atom stereocenters. The van der Waals surface area contributed by atoms with Gasteiger partial charge in [0.05, 0.1) is 5.56 Å². The molecule has 8 heteroatoms. The van der Waals surface area contributed by atoms with Gasteiger partial charge in [-0.25, -0.2) is 4.79 Å². The van der Waals surface area contributed by atoms with E-state index in [0.29, 0.717) is 21.2 Å². The van der Waals surface area contributed by atoms with Crippen molar-refractivity contribution in [2.75, 3.05) is 5.32 Å². The molecule has 1 heterocycles. The zero-order valence-corrected chi connectivity index (χ0v) is 15.4. The molecule has 1 aromatic carbocycles. The molecule has 0 aliphatic rings. The van der Waals surface area contributed by atoms with Crippen LogP contribution < -0.4 is 10.6 Å². The van der Waals surface area contributed by atoms with Crippen LogP contribution in [0.2, 0.25) is 5.02 Å². The molecular weight excluding hydrogens is 364 g/mol. The fourth-order valence-corrected chi connectivity index (χ4v) is 3.39. The third kappa shape index (κ3) is 4.37. The molecule has 0 spiro atoms. The summed E-state index contributed by atoms with van der Waals surface area (Å²) in [6.45, 7) is 5.09. The van der Waals surface area contributed by atoms with Crippen LogP contribution in [0.25, 0.3) is 0 Å². The van der Waals surface area contributed by atoms with Gasteiger partial charge in [0, 0.05) is 15.5 Å². The fraction of sp³-hybridized carbons (Fsp3) is 0.235. The van der Waals surface area contributed by atoms with E-state index in [4.69, 9.17) is 16.7 Å². The first-order valence-electron chi connectivity index (χ1n) is 7.41. The monoisotopic (exact) mass is 380 g/mol. The molecule has 0 radical (unpaired) electrons. The van der Waals surface area contributed by atoms with Crippen molar-refractivity contribution in [2.45, 2.75) is 26.8 Å². The molecule has 0 fully saturated rings. The lowest BCUT2D eigenvalue weighted by Gasteiger charge is -2.12. The first-order chi connectivity index (χ1) is 11.7. The minimum atomic E-state index is -1.29.